The Morgan fingerprint density at radius 2 is 1.75 bits per heavy atom. The fraction of sp³-hybridized carbons (Fsp3) is 0.138. The number of pyridine rings is 3. The van der Waals surface area contributed by atoms with Gasteiger partial charge in [0.25, 0.3) is 5.91 Å². The van der Waals surface area contributed by atoms with Crippen molar-refractivity contribution in [1.29, 1.82) is 5.26 Å². The molecule has 1 amide bonds. The Morgan fingerprint density at radius 1 is 0.972 bits per heavy atom. The molecule has 0 aliphatic carbocycles. The summed E-state index contributed by atoms with van der Waals surface area (Å²) in [5, 5.41) is 13.4. The summed E-state index contributed by atoms with van der Waals surface area (Å²) in [4.78, 5) is 29.3. The van der Waals surface area contributed by atoms with Gasteiger partial charge in [-0.2, -0.15) is 5.26 Å². The summed E-state index contributed by atoms with van der Waals surface area (Å²) in [5.74, 6) is -0.263. The normalized spacial score (nSPS) is 11.3. The van der Waals surface area contributed by atoms with E-state index in [4.69, 9.17) is 0 Å². The number of fused-ring (bicyclic) bond motifs is 1. The van der Waals surface area contributed by atoms with Crippen LogP contribution < -0.4 is 5.32 Å². The van der Waals surface area contributed by atoms with E-state index in [1.165, 1.54) is 0 Å². The maximum atomic E-state index is 13.0. The van der Waals surface area contributed by atoms with E-state index < -0.39 is 5.41 Å². The second kappa shape index (κ2) is 9.08. The minimum absolute atomic E-state index is 0.263. The molecular weight excluding hydrogens is 448 g/mol. The number of amides is 1. The van der Waals surface area contributed by atoms with Crippen molar-refractivity contribution >= 4 is 22.6 Å². The van der Waals surface area contributed by atoms with Crippen molar-refractivity contribution in [3.63, 3.8) is 0 Å². The van der Waals surface area contributed by atoms with Crippen molar-refractivity contribution in [1.82, 2.24) is 19.9 Å². The number of hydrogen-bond acceptors (Lipinski definition) is 5. The van der Waals surface area contributed by atoms with E-state index in [1.54, 1.807) is 38.4 Å². The van der Waals surface area contributed by atoms with E-state index in [-0.39, 0.29) is 5.91 Å². The molecule has 7 nitrogen and oxygen atoms in total. The van der Waals surface area contributed by atoms with E-state index in [0.717, 1.165) is 38.9 Å². The first kappa shape index (κ1) is 22.9. The Morgan fingerprint density at radius 3 is 2.56 bits per heavy atom. The van der Waals surface area contributed by atoms with Gasteiger partial charge in [-0.15, -0.1) is 0 Å². The Kier molecular flexibility index (Phi) is 5.79. The Balaban J connectivity index is 1.46. The van der Waals surface area contributed by atoms with Gasteiger partial charge in [0.1, 0.15) is 5.65 Å². The number of nitrogens with zero attached hydrogens (tertiary/aromatic N) is 4. The molecular formula is C29H24N6O. The average molecular weight is 473 g/mol. The standard InChI is InChI=1S/C29H24N6O/c1-18-4-5-22(35-28(36)19-6-9-32-26(13-19)29(2,3)17-30)14-25(18)21-12-20(15-31-16-21)23-7-10-33-27-24(23)8-11-34-27/h4-16H,1-3H3,(H,33,34)(H,35,36). The molecule has 0 radical (unpaired) electrons. The van der Waals surface area contributed by atoms with Crippen molar-refractivity contribution in [2.45, 2.75) is 26.2 Å². The molecule has 7 heteroatoms. The highest BCUT2D eigenvalue weighted by atomic mass is 16.1. The number of nitriles is 1. The number of aryl methyl sites for hydroxylation is 1. The Hall–Kier alpha value is -4.83. The zero-order chi connectivity index (χ0) is 25.3. The molecule has 36 heavy (non-hydrogen) atoms. The summed E-state index contributed by atoms with van der Waals surface area (Å²) in [6, 6.07) is 17.4. The van der Waals surface area contributed by atoms with Crippen LogP contribution in [0.3, 0.4) is 0 Å². The average Bonchev–Trinajstić information content (AvgIpc) is 3.39. The van der Waals surface area contributed by atoms with Gasteiger partial charge in [-0.05, 0) is 79.9 Å². The predicted molar refractivity (Wildman–Crippen MR) is 140 cm³/mol. The van der Waals surface area contributed by atoms with Gasteiger partial charge in [0.15, 0.2) is 0 Å². The van der Waals surface area contributed by atoms with Gasteiger partial charge in [0.2, 0.25) is 0 Å². The van der Waals surface area contributed by atoms with Gasteiger partial charge >= 0.3 is 0 Å². The minimum atomic E-state index is -0.786. The van der Waals surface area contributed by atoms with Crippen molar-refractivity contribution < 1.29 is 4.79 Å². The number of carbonyl (C=O) groups is 1. The SMILES string of the molecule is Cc1ccc(NC(=O)c2ccnc(C(C)(C)C#N)c2)cc1-c1cncc(-c2ccnc3[nH]ccc23)c1. The Labute approximate surface area is 208 Å². The number of anilines is 1. The first-order valence-electron chi connectivity index (χ1n) is 11.5. The lowest BCUT2D eigenvalue weighted by atomic mass is 9.90. The summed E-state index contributed by atoms with van der Waals surface area (Å²) in [6.07, 6.45) is 8.88. The molecule has 0 unspecified atom stereocenters. The summed E-state index contributed by atoms with van der Waals surface area (Å²) >= 11 is 0. The number of H-pyrrole nitrogens is 1. The number of aromatic nitrogens is 4. The summed E-state index contributed by atoms with van der Waals surface area (Å²) in [5.41, 5.74) is 6.73. The third kappa shape index (κ3) is 4.32. The third-order valence-corrected chi connectivity index (χ3v) is 6.26. The van der Waals surface area contributed by atoms with Crippen LogP contribution in [0.2, 0.25) is 0 Å². The monoisotopic (exact) mass is 472 g/mol. The van der Waals surface area contributed by atoms with E-state index in [1.807, 2.05) is 55.8 Å². The number of benzene rings is 1. The van der Waals surface area contributed by atoms with E-state index in [2.05, 4.69) is 37.4 Å². The van der Waals surface area contributed by atoms with Gasteiger partial charge in [-0.25, -0.2) is 4.98 Å². The third-order valence-electron chi connectivity index (χ3n) is 6.26. The van der Waals surface area contributed by atoms with Crippen molar-refractivity contribution in [3.05, 3.63) is 96.3 Å². The maximum absolute atomic E-state index is 13.0. The lowest BCUT2D eigenvalue weighted by Crippen LogP contribution is -2.18. The topological polar surface area (TPSA) is 107 Å². The molecule has 0 spiro atoms. The van der Waals surface area contributed by atoms with Crippen molar-refractivity contribution in [2.24, 2.45) is 0 Å². The predicted octanol–water partition coefficient (Wildman–Crippen LogP) is 6.05. The molecule has 0 bridgehead atoms. The van der Waals surface area contributed by atoms with Crippen LogP contribution in [0.4, 0.5) is 5.69 Å². The van der Waals surface area contributed by atoms with E-state index >= 15 is 0 Å². The molecule has 5 aromatic rings. The van der Waals surface area contributed by atoms with Crippen LogP contribution in [0.25, 0.3) is 33.3 Å². The van der Waals surface area contributed by atoms with Gasteiger partial charge in [-0.1, -0.05) is 6.07 Å². The first-order valence-corrected chi connectivity index (χ1v) is 11.5. The number of rotatable bonds is 5. The maximum Gasteiger partial charge on any atom is 0.255 e. The summed E-state index contributed by atoms with van der Waals surface area (Å²) < 4.78 is 0. The molecule has 0 aliphatic heterocycles. The zero-order valence-electron chi connectivity index (χ0n) is 20.2. The number of hydrogen-bond donors (Lipinski definition) is 2. The van der Waals surface area contributed by atoms with Crippen molar-refractivity contribution in [3.8, 4) is 28.3 Å². The van der Waals surface area contributed by atoms with Crippen LogP contribution in [0.5, 0.6) is 0 Å². The lowest BCUT2D eigenvalue weighted by molar-refractivity contribution is 0.102. The second-order valence-corrected chi connectivity index (χ2v) is 9.21. The largest absolute Gasteiger partial charge is 0.346 e. The quantitative estimate of drug-likeness (QED) is 0.324. The van der Waals surface area contributed by atoms with Crippen LogP contribution in [-0.4, -0.2) is 25.8 Å². The molecule has 2 N–H and O–H groups in total. The van der Waals surface area contributed by atoms with Crippen LogP contribution >= 0.6 is 0 Å². The number of carbonyl (C=O) groups excluding carboxylic acids is 1. The second-order valence-electron chi connectivity index (χ2n) is 9.21. The molecule has 4 aromatic heterocycles. The smallest absolute Gasteiger partial charge is 0.255 e. The summed E-state index contributed by atoms with van der Waals surface area (Å²) in [7, 11) is 0. The lowest BCUT2D eigenvalue weighted by Gasteiger charge is -2.15. The highest BCUT2D eigenvalue weighted by Crippen LogP contribution is 2.32. The molecule has 0 atom stereocenters. The van der Waals surface area contributed by atoms with E-state index in [0.29, 0.717) is 16.9 Å². The molecule has 4 heterocycles. The van der Waals surface area contributed by atoms with Crippen LogP contribution in [0.1, 0.15) is 35.5 Å². The van der Waals surface area contributed by atoms with E-state index in [9.17, 15) is 10.1 Å². The minimum Gasteiger partial charge on any atom is -0.346 e. The van der Waals surface area contributed by atoms with Gasteiger partial charge in [-0.3, -0.25) is 14.8 Å². The van der Waals surface area contributed by atoms with Gasteiger partial charge in [0, 0.05) is 58.7 Å². The number of aromatic amines is 1. The molecule has 0 saturated heterocycles. The van der Waals surface area contributed by atoms with Crippen LogP contribution in [-0.2, 0) is 5.41 Å². The van der Waals surface area contributed by atoms with Crippen LogP contribution in [0.15, 0.2) is 79.5 Å². The molecule has 5 rings (SSSR count). The highest BCUT2D eigenvalue weighted by Gasteiger charge is 2.22. The van der Waals surface area contributed by atoms with Gasteiger partial charge in [0.05, 0.1) is 17.2 Å². The molecule has 0 aliphatic rings. The summed E-state index contributed by atoms with van der Waals surface area (Å²) in [6.45, 7) is 5.58. The van der Waals surface area contributed by atoms with Gasteiger partial charge < -0.3 is 10.3 Å². The molecule has 0 saturated carbocycles. The molecule has 0 fully saturated rings. The fourth-order valence-electron chi connectivity index (χ4n) is 4.13. The first-order chi connectivity index (χ1) is 17.4. The zero-order valence-corrected chi connectivity index (χ0v) is 20.2. The number of nitrogens with one attached hydrogen (secondary N) is 2. The molecule has 1 aromatic carbocycles. The Bertz CT molecular complexity index is 1640. The highest BCUT2D eigenvalue weighted by molar-refractivity contribution is 6.04. The van der Waals surface area contributed by atoms with Crippen molar-refractivity contribution in [2.75, 3.05) is 5.32 Å². The molecule has 176 valence electrons. The van der Waals surface area contributed by atoms with Crippen LogP contribution in [0, 0.1) is 18.3 Å². The fourth-order valence-corrected chi connectivity index (χ4v) is 4.13.